The van der Waals surface area contributed by atoms with E-state index in [0.29, 0.717) is 5.89 Å². The van der Waals surface area contributed by atoms with Crippen molar-refractivity contribution in [3.63, 3.8) is 0 Å². The van der Waals surface area contributed by atoms with E-state index in [1.165, 1.54) is 10.9 Å². The Hall–Kier alpha value is -2.31. The Morgan fingerprint density at radius 2 is 2.17 bits per heavy atom. The molecule has 1 unspecified atom stereocenters. The van der Waals surface area contributed by atoms with Crippen LogP contribution in [-0.2, 0) is 12.8 Å². The lowest BCUT2D eigenvalue weighted by molar-refractivity contribution is 0.190. The number of fused-ring (bicyclic) bond motifs is 1. The second-order valence-corrected chi connectivity index (χ2v) is 6.23. The zero-order valence-corrected chi connectivity index (χ0v) is 13.8. The van der Waals surface area contributed by atoms with Gasteiger partial charge in [-0.05, 0) is 31.2 Å². The van der Waals surface area contributed by atoms with Gasteiger partial charge >= 0.3 is 0 Å². The second-order valence-electron chi connectivity index (χ2n) is 6.23. The molecule has 3 aromatic rings. The summed E-state index contributed by atoms with van der Waals surface area (Å²) in [6.07, 6.45) is 3.47. The molecule has 1 aliphatic rings. The Morgan fingerprint density at radius 1 is 1.25 bits per heavy atom. The quantitative estimate of drug-likeness (QED) is 0.792. The normalized spacial score (nSPS) is 19.0. The Morgan fingerprint density at radius 3 is 3.08 bits per heavy atom. The number of aryl methyl sites for hydroxylation is 2. The van der Waals surface area contributed by atoms with Crippen LogP contribution in [0.2, 0.25) is 0 Å². The molecular formula is C18H21N5O. The van der Waals surface area contributed by atoms with E-state index < -0.39 is 0 Å². The smallest absolute Gasteiger partial charge is 0.227 e. The van der Waals surface area contributed by atoms with Gasteiger partial charge in [0.2, 0.25) is 5.89 Å². The summed E-state index contributed by atoms with van der Waals surface area (Å²) in [7, 11) is 2.10. The van der Waals surface area contributed by atoms with Crippen LogP contribution >= 0.6 is 0 Å². The molecular weight excluding hydrogens is 302 g/mol. The number of aromatic nitrogens is 3. The van der Waals surface area contributed by atoms with Crippen molar-refractivity contribution in [2.24, 2.45) is 0 Å². The first-order valence-corrected chi connectivity index (χ1v) is 8.37. The molecule has 1 aromatic carbocycles. The molecule has 1 fully saturated rings. The zero-order valence-electron chi connectivity index (χ0n) is 13.8. The number of piperazine rings is 1. The van der Waals surface area contributed by atoms with E-state index in [0.717, 1.165) is 43.8 Å². The average molecular weight is 323 g/mol. The van der Waals surface area contributed by atoms with Gasteiger partial charge in [-0.15, -0.1) is 0 Å². The van der Waals surface area contributed by atoms with Crippen LogP contribution in [0.4, 0.5) is 0 Å². The molecule has 0 aliphatic carbocycles. The third kappa shape index (κ3) is 3.02. The predicted molar refractivity (Wildman–Crippen MR) is 91.7 cm³/mol. The van der Waals surface area contributed by atoms with Crippen molar-refractivity contribution < 1.29 is 4.52 Å². The van der Waals surface area contributed by atoms with Gasteiger partial charge in [0.1, 0.15) is 0 Å². The number of likely N-dealkylation sites (N-methyl/N-ethyl adjacent to an activating group) is 1. The fourth-order valence-corrected chi connectivity index (χ4v) is 3.21. The van der Waals surface area contributed by atoms with Gasteiger partial charge in [0.05, 0.1) is 11.6 Å². The highest BCUT2D eigenvalue weighted by Gasteiger charge is 2.25. The van der Waals surface area contributed by atoms with Gasteiger partial charge in [-0.3, -0.25) is 9.88 Å². The van der Waals surface area contributed by atoms with Crippen LogP contribution in [0.15, 0.2) is 41.1 Å². The summed E-state index contributed by atoms with van der Waals surface area (Å²) < 4.78 is 5.47. The first-order chi connectivity index (χ1) is 11.8. The van der Waals surface area contributed by atoms with Crippen LogP contribution in [0.1, 0.15) is 23.3 Å². The molecule has 1 atom stereocenters. The third-order valence-corrected chi connectivity index (χ3v) is 4.64. The van der Waals surface area contributed by atoms with E-state index in [4.69, 9.17) is 4.52 Å². The van der Waals surface area contributed by atoms with Gasteiger partial charge in [0, 0.05) is 37.6 Å². The SMILES string of the molecule is CN1CCNCC1c1noc(CCc2ccnc3ccccc23)n1. The van der Waals surface area contributed by atoms with Gasteiger partial charge in [0.25, 0.3) is 0 Å². The van der Waals surface area contributed by atoms with Crippen LogP contribution in [0.5, 0.6) is 0 Å². The summed E-state index contributed by atoms with van der Waals surface area (Å²) in [5, 5.41) is 8.76. The number of para-hydroxylation sites is 1. The van der Waals surface area contributed by atoms with E-state index in [9.17, 15) is 0 Å². The molecule has 1 aliphatic heterocycles. The first kappa shape index (κ1) is 15.2. The molecule has 0 radical (unpaired) electrons. The molecule has 1 N–H and O–H groups in total. The number of nitrogens with zero attached hydrogens (tertiary/aromatic N) is 4. The van der Waals surface area contributed by atoms with Crippen molar-refractivity contribution in [1.82, 2.24) is 25.3 Å². The lowest BCUT2D eigenvalue weighted by Gasteiger charge is -2.30. The van der Waals surface area contributed by atoms with Gasteiger partial charge in [-0.25, -0.2) is 0 Å². The summed E-state index contributed by atoms with van der Waals surface area (Å²) in [6, 6.07) is 10.5. The maximum atomic E-state index is 5.47. The summed E-state index contributed by atoms with van der Waals surface area (Å²) in [6.45, 7) is 2.87. The number of rotatable bonds is 4. The van der Waals surface area contributed by atoms with Crippen LogP contribution in [-0.4, -0.2) is 46.7 Å². The second kappa shape index (κ2) is 6.67. The van der Waals surface area contributed by atoms with Crippen LogP contribution in [0.25, 0.3) is 10.9 Å². The van der Waals surface area contributed by atoms with Gasteiger partial charge in [-0.1, -0.05) is 23.4 Å². The number of benzene rings is 1. The molecule has 3 heterocycles. The maximum absolute atomic E-state index is 5.47. The Kier molecular flexibility index (Phi) is 4.23. The first-order valence-electron chi connectivity index (χ1n) is 8.37. The Bertz CT molecular complexity index is 826. The van der Waals surface area contributed by atoms with Crippen molar-refractivity contribution in [3.8, 4) is 0 Å². The number of hydrogen-bond donors (Lipinski definition) is 1. The van der Waals surface area contributed by atoms with Gasteiger partial charge in [-0.2, -0.15) is 4.98 Å². The minimum Gasteiger partial charge on any atom is -0.339 e. The van der Waals surface area contributed by atoms with E-state index in [1.807, 2.05) is 24.4 Å². The van der Waals surface area contributed by atoms with E-state index in [-0.39, 0.29) is 6.04 Å². The Balaban J connectivity index is 1.48. The summed E-state index contributed by atoms with van der Waals surface area (Å²) in [5.41, 5.74) is 2.29. The van der Waals surface area contributed by atoms with Crippen LogP contribution in [0.3, 0.4) is 0 Å². The molecule has 6 heteroatoms. The minimum absolute atomic E-state index is 0.193. The highest BCUT2D eigenvalue weighted by atomic mass is 16.5. The number of pyridine rings is 1. The molecule has 0 amide bonds. The highest BCUT2D eigenvalue weighted by molar-refractivity contribution is 5.81. The molecule has 2 aromatic heterocycles. The topological polar surface area (TPSA) is 67.1 Å². The molecule has 0 spiro atoms. The molecule has 4 rings (SSSR count). The zero-order chi connectivity index (χ0) is 16.4. The van der Waals surface area contributed by atoms with Crippen molar-refractivity contribution in [3.05, 3.63) is 53.8 Å². The molecule has 0 bridgehead atoms. The van der Waals surface area contributed by atoms with Crippen molar-refractivity contribution in [2.45, 2.75) is 18.9 Å². The molecule has 24 heavy (non-hydrogen) atoms. The molecule has 6 nitrogen and oxygen atoms in total. The minimum atomic E-state index is 0.193. The third-order valence-electron chi connectivity index (χ3n) is 4.64. The highest BCUT2D eigenvalue weighted by Crippen LogP contribution is 2.20. The summed E-state index contributed by atoms with van der Waals surface area (Å²) in [4.78, 5) is 11.3. The molecule has 1 saturated heterocycles. The summed E-state index contributed by atoms with van der Waals surface area (Å²) >= 11 is 0. The number of hydrogen-bond acceptors (Lipinski definition) is 6. The van der Waals surface area contributed by atoms with E-state index in [1.54, 1.807) is 0 Å². The van der Waals surface area contributed by atoms with Crippen molar-refractivity contribution >= 4 is 10.9 Å². The molecule has 124 valence electrons. The van der Waals surface area contributed by atoms with E-state index in [2.05, 4.69) is 44.5 Å². The monoisotopic (exact) mass is 323 g/mol. The van der Waals surface area contributed by atoms with E-state index >= 15 is 0 Å². The van der Waals surface area contributed by atoms with Crippen LogP contribution < -0.4 is 5.32 Å². The largest absolute Gasteiger partial charge is 0.339 e. The predicted octanol–water partition coefficient (Wildman–Crippen LogP) is 1.98. The van der Waals surface area contributed by atoms with Crippen molar-refractivity contribution in [1.29, 1.82) is 0 Å². The lowest BCUT2D eigenvalue weighted by atomic mass is 10.0. The maximum Gasteiger partial charge on any atom is 0.227 e. The fraction of sp³-hybridized carbons (Fsp3) is 0.389. The van der Waals surface area contributed by atoms with Crippen molar-refractivity contribution in [2.75, 3.05) is 26.7 Å². The van der Waals surface area contributed by atoms with Gasteiger partial charge < -0.3 is 9.84 Å². The fourth-order valence-electron chi connectivity index (χ4n) is 3.21. The molecule has 0 saturated carbocycles. The number of nitrogens with one attached hydrogen (secondary N) is 1. The summed E-state index contributed by atoms with van der Waals surface area (Å²) in [5.74, 6) is 1.48. The standard InChI is InChI=1S/C18H21N5O/c1-23-11-10-19-12-16(23)18-21-17(24-22-18)7-6-13-8-9-20-15-5-3-2-4-14(13)15/h2-5,8-9,16,19H,6-7,10-12H2,1H3. The van der Waals surface area contributed by atoms with Gasteiger partial charge in [0.15, 0.2) is 5.82 Å². The Labute approximate surface area is 140 Å². The van der Waals surface area contributed by atoms with Crippen LogP contribution in [0, 0.1) is 0 Å². The lowest BCUT2D eigenvalue weighted by Crippen LogP contribution is -2.44. The average Bonchev–Trinajstić information content (AvgIpc) is 3.09.